The Morgan fingerprint density at radius 2 is 1.80 bits per heavy atom. The molecule has 2 aliphatic carbocycles. The van der Waals surface area contributed by atoms with Crippen molar-refractivity contribution in [2.75, 3.05) is 11.9 Å². The average molecular weight is 345 g/mol. The molecule has 5 amide bonds. The van der Waals surface area contributed by atoms with Gasteiger partial charge in [0.1, 0.15) is 12.4 Å². The van der Waals surface area contributed by atoms with Crippen LogP contribution in [0.4, 0.5) is 10.6 Å². The molecule has 0 spiro atoms. The number of amides is 5. The van der Waals surface area contributed by atoms with E-state index in [2.05, 4.69) is 10.4 Å². The largest absolute Gasteiger partial charge is 0.334 e. The molecular formula is C16H19N5O4. The maximum Gasteiger partial charge on any atom is 0.334 e. The van der Waals surface area contributed by atoms with Crippen molar-refractivity contribution in [1.29, 1.82) is 0 Å². The first-order chi connectivity index (χ1) is 12.1. The van der Waals surface area contributed by atoms with Crippen molar-refractivity contribution in [2.45, 2.75) is 50.6 Å². The molecule has 3 aliphatic rings. The molecule has 132 valence electrons. The van der Waals surface area contributed by atoms with Gasteiger partial charge >= 0.3 is 17.8 Å². The first kappa shape index (κ1) is 15.8. The fourth-order valence-corrected chi connectivity index (χ4v) is 3.50. The molecule has 0 unspecified atom stereocenters. The number of anilines is 1. The Bertz CT molecular complexity index is 747. The van der Waals surface area contributed by atoms with E-state index < -0.39 is 30.3 Å². The maximum atomic E-state index is 12.3. The van der Waals surface area contributed by atoms with Gasteiger partial charge in [0.05, 0.1) is 12.2 Å². The van der Waals surface area contributed by atoms with Gasteiger partial charge in [0.25, 0.3) is 0 Å². The number of carbonyl (C=O) groups excluding carboxylic acids is 4. The summed E-state index contributed by atoms with van der Waals surface area (Å²) in [4.78, 5) is 50.1. The Hall–Kier alpha value is -2.71. The first-order valence-corrected chi connectivity index (χ1v) is 8.58. The Morgan fingerprint density at radius 3 is 2.48 bits per heavy atom. The van der Waals surface area contributed by atoms with Crippen molar-refractivity contribution in [3.8, 4) is 0 Å². The standard InChI is InChI=1S/C16H19N5O4/c22-13(18-12-7-8-17-21(12)11-3-1-2-4-11)9-19-14(23)15(24)20(16(19)25)10-5-6-10/h7-8,10-11H,1-6,9H2,(H,18,22). The van der Waals surface area contributed by atoms with E-state index in [1.54, 1.807) is 16.9 Å². The fraction of sp³-hybridized carbons (Fsp3) is 0.562. The fourth-order valence-electron chi connectivity index (χ4n) is 3.50. The normalized spacial score (nSPS) is 21.5. The van der Waals surface area contributed by atoms with Crippen LogP contribution in [0, 0.1) is 0 Å². The molecule has 2 heterocycles. The van der Waals surface area contributed by atoms with Gasteiger partial charge in [-0.25, -0.2) is 14.4 Å². The smallest absolute Gasteiger partial charge is 0.309 e. The van der Waals surface area contributed by atoms with Gasteiger partial charge in [0, 0.05) is 12.1 Å². The van der Waals surface area contributed by atoms with E-state index in [4.69, 9.17) is 0 Å². The third-order valence-corrected chi connectivity index (χ3v) is 4.91. The predicted molar refractivity (Wildman–Crippen MR) is 85.3 cm³/mol. The van der Waals surface area contributed by atoms with E-state index in [1.165, 1.54) is 0 Å². The monoisotopic (exact) mass is 345 g/mol. The van der Waals surface area contributed by atoms with Crippen molar-refractivity contribution in [3.63, 3.8) is 0 Å². The van der Waals surface area contributed by atoms with Gasteiger partial charge in [-0.2, -0.15) is 5.10 Å². The second kappa shape index (κ2) is 5.98. The number of aromatic nitrogens is 2. The summed E-state index contributed by atoms with van der Waals surface area (Å²) < 4.78 is 1.78. The van der Waals surface area contributed by atoms with Crippen LogP contribution in [0.25, 0.3) is 0 Å². The molecule has 0 aromatic carbocycles. The quantitative estimate of drug-likeness (QED) is 0.630. The highest BCUT2D eigenvalue weighted by Gasteiger charge is 2.51. The molecule has 1 N–H and O–H groups in total. The molecule has 2 saturated carbocycles. The van der Waals surface area contributed by atoms with Crippen LogP contribution < -0.4 is 5.32 Å². The van der Waals surface area contributed by atoms with Gasteiger partial charge in [-0.1, -0.05) is 12.8 Å². The molecular weight excluding hydrogens is 326 g/mol. The molecule has 4 rings (SSSR count). The highest BCUT2D eigenvalue weighted by Crippen LogP contribution is 2.32. The summed E-state index contributed by atoms with van der Waals surface area (Å²) in [6, 6.07) is 1.05. The molecule has 1 aromatic heterocycles. The lowest BCUT2D eigenvalue weighted by molar-refractivity contribution is -0.143. The molecule has 0 bridgehead atoms. The minimum Gasteiger partial charge on any atom is -0.309 e. The van der Waals surface area contributed by atoms with Crippen LogP contribution in [0.2, 0.25) is 0 Å². The van der Waals surface area contributed by atoms with E-state index in [1.807, 2.05) is 0 Å². The van der Waals surface area contributed by atoms with Gasteiger partial charge < -0.3 is 5.32 Å². The summed E-state index contributed by atoms with van der Waals surface area (Å²) in [6.07, 6.45) is 7.33. The van der Waals surface area contributed by atoms with Crippen molar-refractivity contribution in [1.82, 2.24) is 19.6 Å². The van der Waals surface area contributed by atoms with E-state index in [0.29, 0.717) is 23.6 Å². The summed E-state index contributed by atoms with van der Waals surface area (Å²) >= 11 is 0. The van der Waals surface area contributed by atoms with E-state index in [0.717, 1.165) is 30.6 Å². The van der Waals surface area contributed by atoms with Gasteiger partial charge in [-0.3, -0.25) is 19.3 Å². The van der Waals surface area contributed by atoms with Crippen LogP contribution in [-0.4, -0.2) is 55.9 Å². The third kappa shape index (κ3) is 2.79. The minimum atomic E-state index is -0.934. The second-order valence-electron chi connectivity index (χ2n) is 6.73. The van der Waals surface area contributed by atoms with Crippen LogP contribution in [0.1, 0.15) is 44.6 Å². The molecule has 1 aromatic rings. The zero-order chi connectivity index (χ0) is 17.6. The number of nitrogens with one attached hydrogen (secondary N) is 1. The predicted octanol–water partition coefficient (Wildman–Crippen LogP) is 0.890. The van der Waals surface area contributed by atoms with Crippen molar-refractivity contribution >= 4 is 29.6 Å². The van der Waals surface area contributed by atoms with Crippen LogP contribution >= 0.6 is 0 Å². The van der Waals surface area contributed by atoms with Gasteiger partial charge in [0.2, 0.25) is 5.91 Å². The van der Waals surface area contributed by atoms with Crippen molar-refractivity contribution in [3.05, 3.63) is 12.3 Å². The summed E-state index contributed by atoms with van der Waals surface area (Å²) in [5.41, 5.74) is 0. The lowest BCUT2D eigenvalue weighted by Gasteiger charge is -2.17. The Balaban J connectivity index is 1.43. The molecule has 0 radical (unpaired) electrons. The van der Waals surface area contributed by atoms with Crippen molar-refractivity contribution in [2.24, 2.45) is 0 Å². The second-order valence-corrected chi connectivity index (χ2v) is 6.73. The molecule has 25 heavy (non-hydrogen) atoms. The molecule has 3 fully saturated rings. The number of rotatable bonds is 5. The Labute approximate surface area is 143 Å². The average Bonchev–Trinajstić information content (AvgIpc) is 3.01. The van der Waals surface area contributed by atoms with Crippen LogP contribution in [0.5, 0.6) is 0 Å². The topological polar surface area (TPSA) is 105 Å². The molecule has 9 nitrogen and oxygen atoms in total. The lowest BCUT2D eigenvalue weighted by Crippen LogP contribution is -2.39. The van der Waals surface area contributed by atoms with Gasteiger partial charge in [-0.05, 0) is 25.7 Å². The molecule has 0 atom stereocenters. The number of urea groups is 1. The minimum absolute atomic E-state index is 0.194. The van der Waals surface area contributed by atoms with E-state index in [-0.39, 0.29) is 12.1 Å². The zero-order valence-electron chi connectivity index (χ0n) is 13.7. The summed E-state index contributed by atoms with van der Waals surface area (Å²) in [5.74, 6) is -1.75. The van der Waals surface area contributed by atoms with Crippen LogP contribution in [0.15, 0.2) is 12.3 Å². The third-order valence-electron chi connectivity index (χ3n) is 4.91. The number of hydrogen-bond acceptors (Lipinski definition) is 5. The number of nitrogens with zero attached hydrogens (tertiary/aromatic N) is 4. The van der Waals surface area contributed by atoms with Gasteiger partial charge in [0.15, 0.2) is 0 Å². The molecule has 1 saturated heterocycles. The SMILES string of the molecule is O=C(CN1C(=O)C(=O)N(C2CC2)C1=O)Nc1ccnn1C1CCCC1. The summed E-state index contributed by atoms with van der Waals surface area (Å²) in [7, 11) is 0. The van der Waals surface area contributed by atoms with Gasteiger partial charge in [-0.15, -0.1) is 0 Å². The summed E-state index contributed by atoms with van der Waals surface area (Å²) in [6.45, 7) is -0.470. The van der Waals surface area contributed by atoms with Crippen LogP contribution in [0.3, 0.4) is 0 Å². The first-order valence-electron chi connectivity index (χ1n) is 8.58. The van der Waals surface area contributed by atoms with E-state index >= 15 is 0 Å². The van der Waals surface area contributed by atoms with Crippen molar-refractivity contribution < 1.29 is 19.2 Å². The highest BCUT2D eigenvalue weighted by molar-refractivity contribution is 6.45. The number of imide groups is 2. The summed E-state index contributed by atoms with van der Waals surface area (Å²) in [5, 5.41) is 6.96. The van der Waals surface area contributed by atoms with E-state index in [9.17, 15) is 19.2 Å². The zero-order valence-corrected chi connectivity index (χ0v) is 13.7. The molecule has 1 aliphatic heterocycles. The lowest BCUT2D eigenvalue weighted by atomic mass is 10.2. The maximum absolute atomic E-state index is 12.3. The number of hydrogen-bond donors (Lipinski definition) is 1. The molecule has 9 heteroatoms. The number of carbonyl (C=O) groups is 4. The highest BCUT2D eigenvalue weighted by atomic mass is 16.2. The Kier molecular flexibility index (Phi) is 3.78. The Morgan fingerprint density at radius 1 is 1.08 bits per heavy atom. The van der Waals surface area contributed by atoms with Crippen LogP contribution in [-0.2, 0) is 14.4 Å².